The Bertz CT molecular complexity index is 675. The Labute approximate surface area is 113 Å². The van der Waals surface area contributed by atoms with E-state index in [1.807, 2.05) is 0 Å². The molecule has 0 saturated heterocycles. The number of carboxylic acids is 1. The average molecular weight is 279 g/mol. The van der Waals surface area contributed by atoms with E-state index in [4.69, 9.17) is 0 Å². The van der Waals surface area contributed by atoms with Crippen molar-refractivity contribution in [1.82, 2.24) is 9.97 Å². The number of aryl methyl sites for hydroxylation is 2. The topological polar surface area (TPSA) is 95.1 Å². The number of aromatic nitrogens is 2. The van der Waals surface area contributed by atoms with Crippen LogP contribution in [0.1, 0.15) is 27.3 Å². The Morgan fingerprint density at radius 2 is 2.26 bits per heavy atom. The molecule has 0 bridgehead atoms. The van der Waals surface area contributed by atoms with Crippen LogP contribution < -0.4 is 10.2 Å². The number of rotatable bonds is 4. The number of carbonyl (C=O) groups is 1. The van der Waals surface area contributed by atoms with Gasteiger partial charge in [-0.05, 0) is 25.5 Å². The molecular formula is C12H13N3O3S. The van der Waals surface area contributed by atoms with Crippen LogP contribution in [0.3, 0.4) is 0 Å². The van der Waals surface area contributed by atoms with Crippen molar-refractivity contribution in [2.24, 2.45) is 0 Å². The maximum Gasteiger partial charge on any atom is 0.339 e. The number of aromatic amines is 1. The first-order chi connectivity index (χ1) is 8.97. The molecule has 0 aliphatic rings. The van der Waals surface area contributed by atoms with Crippen LogP contribution in [-0.4, -0.2) is 21.0 Å². The monoisotopic (exact) mass is 279 g/mol. The van der Waals surface area contributed by atoms with Gasteiger partial charge < -0.3 is 15.4 Å². The van der Waals surface area contributed by atoms with E-state index in [-0.39, 0.29) is 10.4 Å². The Hall–Kier alpha value is -2.15. The molecule has 0 amide bonds. The van der Waals surface area contributed by atoms with Gasteiger partial charge in [0.05, 0.1) is 6.54 Å². The summed E-state index contributed by atoms with van der Waals surface area (Å²) in [4.78, 5) is 29.0. The largest absolute Gasteiger partial charge is 0.478 e. The highest BCUT2D eigenvalue weighted by molar-refractivity contribution is 7.07. The quantitative estimate of drug-likeness (QED) is 0.792. The van der Waals surface area contributed by atoms with Crippen LogP contribution in [0, 0.1) is 13.8 Å². The zero-order valence-electron chi connectivity index (χ0n) is 10.5. The van der Waals surface area contributed by atoms with Gasteiger partial charge in [0.2, 0.25) is 0 Å². The van der Waals surface area contributed by atoms with E-state index < -0.39 is 5.97 Å². The Morgan fingerprint density at radius 3 is 2.84 bits per heavy atom. The Kier molecular flexibility index (Phi) is 3.66. The van der Waals surface area contributed by atoms with Gasteiger partial charge in [-0.2, -0.15) is 0 Å². The third-order valence-corrected chi connectivity index (χ3v) is 3.29. The summed E-state index contributed by atoms with van der Waals surface area (Å²) in [6.45, 7) is 3.86. The van der Waals surface area contributed by atoms with E-state index in [1.165, 1.54) is 0 Å². The molecule has 2 aromatic rings. The Morgan fingerprint density at radius 1 is 1.53 bits per heavy atom. The van der Waals surface area contributed by atoms with Crippen molar-refractivity contribution in [3.05, 3.63) is 43.6 Å². The maximum absolute atomic E-state index is 11.2. The number of aromatic carboxylic acids is 1. The lowest BCUT2D eigenvalue weighted by Crippen LogP contribution is -2.11. The van der Waals surface area contributed by atoms with E-state index in [1.54, 1.807) is 25.3 Å². The molecule has 0 aliphatic carbocycles. The lowest BCUT2D eigenvalue weighted by atomic mass is 10.1. The minimum atomic E-state index is -1.02. The van der Waals surface area contributed by atoms with Crippen molar-refractivity contribution in [2.45, 2.75) is 20.4 Å². The first-order valence-corrected chi connectivity index (χ1v) is 6.47. The molecule has 7 heteroatoms. The van der Waals surface area contributed by atoms with E-state index in [0.29, 0.717) is 23.6 Å². The molecular weight excluding hydrogens is 266 g/mol. The summed E-state index contributed by atoms with van der Waals surface area (Å²) in [6, 6.07) is 1.72. The van der Waals surface area contributed by atoms with Gasteiger partial charge in [0, 0.05) is 16.8 Å². The highest BCUT2D eigenvalue weighted by Crippen LogP contribution is 2.19. The van der Waals surface area contributed by atoms with Gasteiger partial charge in [-0.3, -0.25) is 4.79 Å². The van der Waals surface area contributed by atoms with Crippen molar-refractivity contribution in [3.8, 4) is 0 Å². The van der Waals surface area contributed by atoms with Crippen LogP contribution in [0.15, 0.2) is 16.2 Å². The smallest absolute Gasteiger partial charge is 0.339 e. The third-order valence-electron chi connectivity index (χ3n) is 2.58. The number of nitrogens with zero attached hydrogens (tertiary/aromatic N) is 1. The van der Waals surface area contributed by atoms with Crippen LogP contribution in [0.4, 0.5) is 5.82 Å². The molecule has 0 unspecified atom stereocenters. The molecule has 0 fully saturated rings. The van der Waals surface area contributed by atoms with E-state index >= 15 is 0 Å². The zero-order valence-corrected chi connectivity index (χ0v) is 11.3. The third kappa shape index (κ3) is 3.00. The second-order valence-electron chi connectivity index (χ2n) is 4.14. The number of hydrogen-bond donors (Lipinski definition) is 3. The second-order valence-corrected chi connectivity index (χ2v) is 4.98. The fourth-order valence-electron chi connectivity index (χ4n) is 1.81. The molecule has 19 heavy (non-hydrogen) atoms. The molecule has 0 aliphatic heterocycles. The molecule has 0 radical (unpaired) electrons. The van der Waals surface area contributed by atoms with E-state index in [2.05, 4.69) is 15.3 Å². The highest BCUT2D eigenvalue weighted by Gasteiger charge is 2.15. The number of hydrogen-bond acceptors (Lipinski definition) is 5. The summed E-state index contributed by atoms with van der Waals surface area (Å²) in [7, 11) is 0. The lowest BCUT2D eigenvalue weighted by Gasteiger charge is -2.11. The predicted molar refractivity (Wildman–Crippen MR) is 72.9 cm³/mol. The summed E-state index contributed by atoms with van der Waals surface area (Å²) in [5.74, 6) is -0.705. The first-order valence-electron chi connectivity index (χ1n) is 5.59. The molecule has 6 nitrogen and oxygen atoms in total. The predicted octanol–water partition coefficient (Wildman–Crippen LogP) is 1.76. The van der Waals surface area contributed by atoms with Gasteiger partial charge in [-0.25, -0.2) is 9.78 Å². The average Bonchev–Trinajstić information content (AvgIpc) is 2.71. The first kappa shape index (κ1) is 13.3. The van der Waals surface area contributed by atoms with Crippen molar-refractivity contribution in [2.75, 3.05) is 5.32 Å². The van der Waals surface area contributed by atoms with Crippen LogP contribution in [0.25, 0.3) is 0 Å². The highest BCUT2D eigenvalue weighted by atomic mass is 32.1. The van der Waals surface area contributed by atoms with Gasteiger partial charge in [-0.1, -0.05) is 11.3 Å². The second kappa shape index (κ2) is 5.23. The molecule has 2 rings (SSSR count). The number of H-pyrrole nitrogens is 1. The fraction of sp³-hybridized carbons (Fsp3) is 0.250. The van der Waals surface area contributed by atoms with Crippen LogP contribution in [0.5, 0.6) is 0 Å². The summed E-state index contributed by atoms with van der Waals surface area (Å²) < 4.78 is 0. The van der Waals surface area contributed by atoms with Crippen LogP contribution in [0.2, 0.25) is 0 Å². The van der Waals surface area contributed by atoms with Gasteiger partial charge in [0.25, 0.3) is 0 Å². The van der Waals surface area contributed by atoms with Crippen molar-refractivity contribution in [1.29, 1.82) is 0 Å². The summed E-state index contributed by atoms with van der Waals surface area (Å²) in [5, 5.41) is 13.8. The zero-order chi connectivity index (χ0) is 14.0. The molecule has 2 heterocycles. The fourth-order valence-corrected chi connectivity index (χ4v) is 2.40. The molecule has 0 saturated carbocycles. The number of thiazole rings is 1. The summed E-state index contributed by atoms with van der Waals surface area (Å²) in [6.07, 6.45) is 0. The van der Waals surface area contributed by atoms with Gasteiger partial charge in [0.1, 0.15) is 11.4 Å². The van der Waals surface area contributed by atoms with E-state index in [9.17, 15) is 14.7 Å². The van der Waals surface area contributed by atoms with E-state index in [0.717, 1.165) is 17.0 Å². The number of anilines is 1. The molecule has 100 valence electrons. The maximum atomic E-state index is 11.2. The van der Waals surface area contributed by atoms with Crippen LogP contribution in [-0.2, 0) is 6.54 Å². The van der Waals surface area contributed by atoms with Gasteiger partial charge in [-0.15, -0.1) is 0 Å². The number of nitrogens with one attached hydrogen (secondary N) is 2. The molecule has 2 aromatic heterocycles. The van der Waals surface area contributed by atoms with Crippen LogP contribution >= 0.6 is 11.3 Å². The number of pyridine rings is 1. The molecule has 3 N–H and O–H groups in total. The SMILES string of the molecule is Cc1cc(C)c(C(=O)O)c(NCc2csc(=O)[nH]2)n1. The van der Waals surface area contributed by atoms with Crippen molar-refractivity contribution in [3.63, 3.8) is 0 Å². The normalized spacial score (nSPS) is 10.4. The minimum absolute atomic E-state index is 0.136. The molecule has 0 atom stereocenters. The van der Waals surface area contributed by atoms with Gasteiger partial charge in [0.15, 0.2) is 0 Å². The molecule has 0 spiro atoms. The number of carboxylic acid groups (broad SMARTS) is 1. The summed E-state index contributed by atoms with van der Waals surface area (Å²) in [5.41, 5.74) is 2.25. The minimum Gasteiger partial charge on any atom is -0.478 e. The Balaban J connectivity index is 2.28. The van der Waals surface area contributed by atoms with Gasteiger partial charge >= 0.3 is 10.8 Å². The standard InChI is InChI=1S/C12H13N3O3S/c1-6-3-7(2)14-10(9(6)11(16)17)13-4-8-5-19-12(18)15-8/h3,5H,4H2,1-2H3,(H,13,14)(H,15,18)(H,16,17). The lowest BCUT2D eigenvalue weighted by molar-refractivity contribution is 0.0697. The van der Waals surface area contributed by atoms with Crippen molar-refractivity contribution < 1.29 is 9.90 Å². The molecule has 0 aromatic carbocycles. The summed E-state index contributed by atoms with van der Waals surface area (Å²) >= 11 is 1.07. The van der Waals surface area contributed by atoms with Crippen molar-refractivity contribution >= 4 is 23.1 Å².